The van der Waals surface area contributed by atoms with Crippen LogP contribution in [0, 0.1) is 11.3 Å². The Morgan fingerprint density at radius 2 is 1.38 bits per heavy atom. The van der Waals surface area contributed by atoms with Crippen LogP contribution in [0.4, 0.5) is 0 Å². The molecule has 3 N–H and O–H groups in total. The SMILES string of the molecule is CC#N.OB(O)O.[LiH]. The first-order valence-electron chi connectivity index (χ1n) is 1.50. The van der Waals surface area contributed by atoms with Crippen molar-refractivity contribution in [3.63, 3.8) is 0 Å². The molecule has 0 unspecified atom stereocenters. The molecule has 0 radical (unpaired) electrons. The number of nitrogens with zero attached hydrogens (tertiary/aromatic N) is 1. The van der Waals surface area contributed by atoms with Crippen molar-refractivity contribution in [3.8, 4) is 6.07 Å². The van der Waals surface area contributed by atoms with Crippen molar-refractivity contribution >= 4 is 26.2 Å². The molecule has 4 nitrogen and oxygen atoms in total. The van der Waals surface area contributed by atoms with Crippen LogP contribution < -0.4 is 0 Å². The van der Waals surface area contributed by atoms with E-state index in [1.165, 1.54) is 6.92 Å². The van der Waals surface area contributed by atoms with Crippen LogP contribution in [0.25, 0.3) is 0 Å². The van der Waals surface area contributed by atoms with Crippen molar-refractivity contribution in [2.45, 2.75) is 6.92 Å². The van der Waals surface area contributed by atoms with E-state index in [4.69, 9.17) is 20.3 Å². The second kappa shape index (κ2) is 15.7. The summed E-state index contributed by atoms with van der Waals surface area (Å²) in [6.45, 7) is 1.43. The molecule has 0 amide bonds. The van der Waals surface area contributed by atoms with Crippen molar-refractivity contribution in [1.82, 2.24) is 0 Å². The molecule has 0 saturated heterocycles. The van der Waals surface area contributed by atoms with Gasteiger partial charge in [0.2, 0.25) is 0 Å². The van der Waals surface area contributed by atoms with E-state index in [1.54, 1.807) is 6.07 Å². The van der Waals surface area contributed by atoms with Crippen LogP contribution >= 0.6 is 0 Å². The molecular formula is C2H7BLiNO3. The number of rotatable bonds is 0. The molecule has 0 aromatic rings. The summed E-state index contributed by atoms with van der Waals surface area (Å²) in [6, 6.07) is 1.75. The summed E-state index contributed by atoms with van der Waals surface area (Å²) >= 11 is 0. The van der Waals surface area contributed by atoms with Gasteiger partial charge in [0.1, 0.15) is 0 Å². The maximum absolute atomic E-state index is 7.32. The number of hydrogen-bond acceptors (Lipinski definition) is 4. The van der Waals surface area contributed by atoms with E-state index < -0.39 is 7.32 Å². The summed E-state index contributed by atoms with van der Waals surface area (Å²) in [4.78, 5) is 0. The van der Waals surface area contributed by atoms with Gasteiger partial charge in [0.25, 0.3) is 0 Å². The van der Waals surface area contributed by atoms with Gasteiger partial charge in [-0.2, -0.15) is 5.26 Å². The molecule has 0 spiro atoms. The molecule has 0 aromatic heterocycles. The minimum atomic E-state index is -2.17. The van der Waals surface area contributed by atoms with E-state index in [0.717, 1.165) is 0 Å². The van der Waals surface area contributed by atoms with Gasteiger partial charge in [-0.3, -0.25) is 0 Å². The third-order valence-corrected chi connectivity index (χ3v) is 0. The third kappa shape index (κ3) is 146000. The van der Waals surface area contributed by atoms with E-state index in [1.807, 2.05) is 0 Å². The third-order valence-electron chi connectivity index (χ3n) is 0. The molecule has 0 heterocycles. The van der Waals surface area contributed by atoms with Crippen LogP contribution in [0.5, 0.6) is 0 Å². The van der Waals surface area contributed by atoms with Gasteiger partial charge < -0.3 is 15.1 Å². The second-order valence-electron chi connectivity index (χ2n) is 0.570. The van der Waals surface area contributed by atoms with Crippen molar-refractivity contribution in [2.24, 2.45) is 0 Å². The monoisotopic (exact) mass is 111 g/mol. The molecule has 8 heavy (non-hydrogen) atoms. The molecule has 0 saturated carbocycles. The second-order valence-corrected chi connectivity index (χ2v) is 0.570. The van der Waals surface area contributed by atoms with Crippen LogP contribution in [0.2, 0.25) is 0 Å². The Hall–Kier alpha value is 0.0323. The first-order chi connectivity index (χ1) is 3.15. The molecule has 0 bridgehead atoms. The van der Waals surface area contributed by atoms with Gasteiger partial charge >= 0.3 is 26.2 Å². The van der Waals surface area contributed by atoms with Gasteiger partial charge in [0.15, 0.2) is 0 Å². The Labute approximate surface area is 60.1 Å². The first kappa shape index (κ1) is 15.7. The Kier molecular flexibility index (Phi) is 30.9. The molecule has 0 rings (SSSR count). The molecule has 42 valence electrons. The quantitative estimate of drug-likeness (QED) is 0.310. The standard InChI is InChI=1S/C2H3N.BH3O3.Li.H/c1-2-3;2-1(3)4;;/h1H3;2-4H;;. The van der Waals surface area contributed by atoms with Crippen LogP contribution in [-0.4, -0.2) is 41.3 Å². The Bertz CT molecular complexity index is 60.0. The van der Waals surface area contributed by atoms with Crippen molar-refractivity contribution in [1.29, 1.82) is 5.26 Å². The molecular weight excluding hydrogens is 104 g/mol. The summed E-state index contributed by atoms with van der Waals surface area (Å²) in [5.41, 5.74) is 0. The molecule has 6 heteroatoms. The average molecular weight is 111 g/mol. The van der Waals surface area contributed by atoms with Gasteiger partial charge in [0, 0.05) is 6.92 Å². The molecule has 0 aliphatic heterocycles. The van der Waals surface area contributed by atoms with E-state index >= 15 is 0 Å². The van der Waals surface area contributed by atoms with E-state index in [-0.39, 0.29) is 18.9 Å². The van der Waals surface area contributed by atoms with E-state index in [0.29, 0.717) is 0 Å². The van der Waals surface area contributed by atoms with Crippen LogP contribution in [0.15, 0.2) is 0 Å². The predicted molar refractivity (Wildman–Crippen MR) is 30.8 cm³/mol. The molecule has 0 aromatic carbocycles. The normalized spacial score (nSPS) is 4.38. The van der Waals surface area contributed by atoms with Crippen molar-refractivity contribution in [2.75, 3.05) is 0 Å². The maximum atomic E-state index is 7.32. The molecule has 0 aliphatic carbocycles. The van der Waals surface area contributed by atoms with Crippen molar-refractivity contribution in [3.05, 3.63) is 0 Å². The predicted octanol–water partition coefficient (Wildman–Crippen LogP) is -2.17. The van der Waals surface area contributed by atoms with Gasteiger partial charge in [-0.05, 0) is 0 Å². The summed E-state index contributed by atoms with van der Waals surface area (Å²) in [6.07, 6.45) is 0. The molecule has 0 aliphatic rings. The molecule has 0 atom stereocenters. The molecule has 0 fully saturated rings. The van der Waals surface area contributed by atoms with Gasteiger partial charge in [-0.1, -0.05) is 0 Å². The van der Waals surface area contributed by atoms with Gasteiger partial charge in [-0.15, -0.1) is 0 Å². The van der Waals surface area contributed by atoms with Gasteiger partial charge in [0.05, 0.1) is 6.07 Å². The minimum absolute atomic E-state index is 0. The Balaban J connectivity index is -0.0000000575. The zero-order valence-corrected chi connectivity index (χ0v) is 3.87. The zero-order valence-electron chi connectivity index (χ0n) is 3.87. The van der Waals surface area contributed by atoms with Crippen molar-refractivity contribution < 1.29 is 15.1 Å². The average Bonchev–Trinajstić information content (AvgIpc) is 1.33. The first-order valence-corrected chi connectivity index (χ1v) is 1.50. The zero-order chi connectivity index (χ0) is 6.28. The van der Waals surface area contributed by atoms with Gasteiger partial charge in [-0.25, -0.2) is 0 Å². The topological polar surface area (TPSA) is 84.5 Å². The fraction of sp³-hybridized carbons (Fsp3) is 0.500. The number of nitriles is 1. The summed E-state index contributed by atoms with van der Waals surface area (Å²) < 4.78 is 0. The van der Waals surface area contributed by atoms with Crippen LogP contribution in [-0.2, 0) is 0 Å². The Morgan fingerprint density at radius 1 is 1.38 bits per heavy atom. The van der Waals surface area contributed by atoms with E-state index in [2.05, 4.69) is 0 Å². The van der Waals surface area contributed by atoms with Crippen LogP contribution in [0.1, 0.15) is 6.92 Å². The summed E-state index contributed by atoms with van der Waals surface area (Å²) in [5, 5.41) is 28.8. The Morgan fingerprint density at radius 3 is 1.38 bits per heavy atom. The fourth-order valence-electron chi connectivity index (χ4n) is 0. The summed E-state index contributed by atoms with van der Waals surface area (Å²) in [7, 11) is -2.17. The summed E-state index contributed by atoms with van der Waals surface area (Å²) in [5.74, 6) is 0. The fourth-order valence-corrected chi connectivity index (χ4v) is 0. The van der Waals surface area contributed by atoms with Crippen LogP contribution in [0.3, 0.4) is 0 Å². The number of hydrogen-bond donors (Lipinski definition) is 3. The van der Waals surface area contributed by atoms with E-state index in [9.17, 15) is 0 Å².